The lowest BCUT2D eigenvalue weighted by Gasteiger charge is -2.39. The van der Waals surface area contributed by atoms with Crippen LogP contribution >= 0.6 is 0 Å². The number of amides is 3. The predicted octanol–water partition coefficient (Wildman–Crippen LogP) is -3.28. The number of phenols is 1. The van der Waals surface area contributed by atoms with Crippen molar-refractivity contribution in [1.82, 2.24) is 14.7 Å². The molecule has 3 rings (SSSR count). The van der Waals surface area contributed by atoms with Gasteiger partial charge in [0.15, 0.2) is 12.2 Å². The van der Waals surface area contributed by atoms with Crippen molar-refractivity contribution in [3.8, 4) is 5.75 Å². The first kappa shape index (κ1) is 23.9. The molecule has 2 heterocycles. The Bertz CT molecular complexity index is 790. The molecular formula is C20H30ClN5O4. The zero-order valence-corrected chi connectivity index (χ0v) is 18.4. The number of carbonyl (C=O) groups is 2. The summed E-state index contributed by atoms with van der Waals surface area (Å²) in [5, 5.41) is 22.0. The number of aliphatic hydroxyl groups is 1. The van der Waals surface area contributed by atoms with Gasteiger partial charge in [-0.2, -0.15) is 0 Å². The minimum absolute atomic E-state index is 0. The molecule has 1 aromatic rings. The first-order valence-corrected chi connectivity index (χ1v) is 9.86. The molecule has 1 saturated heterocycles. The van der Waals surface area contributed by atoms with E-state index in [1.54, 1.807) is 37.7 Å². The Hall–Kier alpha value is -2.36. The smallest absolute Gasteiger partial charge is 0.328 e. The number of aliphatic hydroxyl groups excluding tert-OH is 1. The number of hydrogen-bond donors (Lipinski definition) is 3. The van der Waals surface area contributed by atoms with Crippen molar-refractivity contribution in [3.63, 3.8) is 0 Å². The lowest BCUT2D eigenvalue weighted by molar-refractivity contribution is -0.723. The van der Waals surface area contributed by atoms with E-state index in [1.165, 1.54) is 11.9 Å². The number of benzene rings is 1. The fourth-order valence-corrected chi connectivity index (χ4v) is 3.95. The van der Waals surface area contributed by atoms with Gasteiger partial charge in [-0.1, -0.05) is 12.1 Å². The Balaban J connectivity index is 0.00000320. The van der Waals surface area contributed by atoms with E-state index in [9.17, 15) is 19.8 Å². The van der Waals surface area contributed by atoms with Gasteiger partial charge < -0.3 is 37.7 Å². The molecule has 0 aromatic heterocycles. The molecule has 4 N–H and O–H groups in total. The van der Waals surface area contributed by atoms with Crippen molar-refractivity contribution in [2.45, 2.75) is 50.7 Å². The Morgan fingerprint density at radius 1 is 1.17 bits per heavy atom. The number of nitrogens with zero attached hydrogens (tertiary/aromatic N) is 4. The number of aromatic hydroxyl groups is 1. The van der Waals surface area contributed by atoms with Gasteiger partial charge in [-0.15, -0.1) is 0 Å². The number of hydrogen-bond acceptors (Lipinski definition) is 6. The number of halogens is 1. The van der Waals surface area contributed by atoms with Crippen LogP contribution in [0.2, 0.25) is 0 Å². The van der Waals surface area contributed by atoms with E-state index in [0.717, 1.165) is 16.9 Å². The van der Waals surface area contributed by atoms with Crippen LogP contribution < -0.4 is 17.7 Å². The Kier molecular flexibility index (Phi) is 7.68. The van der Waals surface area contributed by atoms with Gasteiger partial charge in [0.25, 0.3) is 5.91 Å². The highest BCUT2D eigenvalue weighted by Crippen LogP contribution is 2.24. The Morgan fingerprint density at radius 3 is 2.43 bits per heavy atom. The number of fused-ring (bicyclic) bond motifs is 1. The lowest BCUT2D eigenvalue weighted by Crippen LogP contribution is -3.00. The van der Waals surface area contributed by atoms with Crippen LogP contribution in [0.15, 0.2) is 29.3 Å². The molecule has 10 heteroatoms. The highest BCUT2D eigenvalue weighted by molar-refractivity contribution is 6.01. The predicted molar refractivity (Wildman–Crippen MR) is 107 cm³/mol. The third-order valence-corrected chi connectivity index (χ3v) is 5.78. The van der Waals surface area contributed by atoms with Gasteiger partial charge in [0.1, 0.15) is 17.9 Å². The molecule has 3 amide bonds. The highest BCUT2D eigenvalue weighted by Gasteiger charge is 2.48. The Labute approximate surface area is 182 Å². The van der Waals surface area contributed by atoms with Crippen molar-refractivity contribution >= 4 is 18.3 Å². The van der Waals surface area contributed by atoms with Crippen molar-refractivity contribution in [2.75, 3.05) is 20.6 Å². The van der Waals surface area contributed by atoms with Gasteiger partial charge in [-0.3, -0.25) is 9.69 Å². The average molecular weight is 440 g/mol. The van der Waals surface area contributed by atoms with Crippen LogP contribution in [0, 0.1) is 0 Å². The van der Waals surface area contributed by atoms with Gasteiger partial charge >= 0.3 is 6.03 Å². The van der Waals surface area contributed by atoms with Crippen LogP contribution in [0.1, 0.15) is 31.9 Å². The molecule has 0 aliphatic carbocycles. The first-order chi connectivity index (χ1) is 13.7. The fourth-order valence-electron chi connectivity index (χ4n) is 3.95. The number of quaternary nitrogens is 1. The highest BCUT2D eigenvalue weighted by atomic mass is 35.5. The van der Waals surface area contributed by atoms with E-state index >= 15 is 0 Å². The maximum absolute atomic E-state index is 12.6. The van der Waals surface area contributed by atoms with Gasteiger partial charge in [-0.25, -0.2) is 9.79 Å². The summed E-state index contributed by atoms with van der Waals surface area (Å²) in [4.78, 5) is 33.5. The monoisotopic (exact) mass is 439 g/mol. The molecule has 166 valence electrons. The van der Waals surface area contributed by atoms with Crippen molar-refractivity contribution in [3.05, 3.63) is 29.8 Å². The average Bonchev–Trinajstić information content (AvgIpc) is 3.13. The number of phenolic OH excluding ortho intramolecular Hbond substituents is 1. The molecule has 2 aliphatic rings. The molecule has 1 fully saturated rings. The SMILES string of the molecule is CC(CCN1C=NC2C1C(=O)N(C)C(=O)N2C)[NH2+]C(C)C(O)c1ccc(O)cc1.[Cl-]. The second-order valence-electron chi connectivity index (χ2n) is 8.01. The third-order valence-electron chi connectivity index (χ3n) is 5.78. The quantitative estimate of drug-likeness (QED) is 0.412. The zero-order valence-electron chi connectivity index (χ0n) is 17.6. The molecule has 30 heavy (non-hydrogen) atoms. The van der Waals surface area contributed by atoms with E-state index in [1.807, 2.05) is 11.8 Å². The topological polar surface area (TPSA) is 113 Å². The summed E-state index contributed by atoms with van der Waals surface area (Å²) >= 11 is 0. The molecule has 0 saturated carbocycles. The largest absolute Gasteiger partial charge is 1.00 e. The minimum Gasteiger partial charge on any atom is -1.00 e. The number of imide groups is 1. The molecule has 0 spiro atoms. The maximum atomic E-state index is 12.6. The maximum Gasteiger partial charge on any atom is 0.328 e. The summed E-state index contributed by atoms with van der Waals surface area (Å²) in [6.45, 7) is 4.67. The fraction of sp³-hybridized carbons (Fsp3) is 0.550. The van der Waals surface area contributed by atoms with Crippen molar-refractivity contribution in [2.24, 2.45) is 4.99 Å². The number of nitrogens with two attached hydrogens (primary N) is 1. The van der Waals surface area contributed by atoms with E-state index in [4.69, 9.17) is 0 Å². The van der Waals surface area contributed by atoms with E-state index in [0.29, 0.717) is 6.54 Å². The van der Waals surface area contributed by atoms with Crippen LogP contribution in [0.3, 0.4) is 0 Å². The van der Waals surface area contributed by atoms with E-state index in [-0.39, 0.29) is 42.2 Å². The van der Waals surface area contributed by atoms with Crippen molar-refractivity contribution < 1.29 is 37.5 Å². The van der Waals surface area contributed by atoms with Crippen LogP contribution in [0.4, 0.5) is 4.79 Å². The molecule has 2 aliphatic heterocycles. The minimum atomic E-state index is -0.649. The number of carbonyl (C=O) groups excluding carboxylic acids is 2. The Morgan fingerprint density at radius 2 is 1.80 bits per heavy atom. The van der Waals surface area contributed by atoms with E-state index < -0.39 is 18.3 Å². The standard InChI is InChI=1S/C20H29N5O4.ClH/c1-12(22-13(2)17(27)14-5-7-15(26)8-6-14)9-10-25-11-21-18-16(25)19(28)24(4)20(29)23(18)3;/h5-8,11-13,16-18,22,26-27H,9-10H2,1-4H3;1H. The summed E-state index contributed by atoms with van der Waals surface area (Å²) in [6, 6.07) is 5.90. The van der Waals surface area contributed by atoms with Crippen LogP contribution in [-0.2, 0) is 4.79 Å². The van der Waals surface area contributed by atoms with Crippen LogP contribution in [0.25, 0.3) is 0 Å². The van der Waals surface area contributed by atoms with Gasteiger partial charge in [0.05, 0.1) is 12.4 Å². The molecule has 5 unspecified atom stereocenters. The summed E-state index contributed by atoms with van der Waals surface area (Å²) in [5.74, 6) is -0.0601. The number of aliphatic imine (C=N–C) groups is 1. The number of likely N-dealkylation sites (N-methyl/N-ethyl adjacent to an activating group) is 2. The second kappa shape index (κ2) is 9.63. The summed E-state index contributed by atoms with van der Waals surface area (Å²) < 4.78 is 0. The van der Waals surface area contributed by atoms with Crippen molar-refractivity contribution in [1.29, 1.82) is 0 Å². The number of urea groups is 1. The third kappa shape index (κ3) is 4.69. The van der Waals surface area contributed by atoms with E-state index in [2.05, 4.69) is 17.2 Å². The normalized spacial score (nSPS) is 23.8. The van der Waals surface area contributed by atoms with Crippen LogP contribution in [0.5, 0.6) is 5.75 Å². The zero-order chi connectivity index (χ0) is 21.3. The first-order valence-electron chi connectivity index (χ1n) is 9.86. The van der Waals surface area contributed by atoms with Gasteiger partial charge in [-0.05, 0) is 31.5 Å². The summed E-state index contributed by atoms with van der Waals surface area (Å²) in [5.41, 5.74) is 0.761. The molecule has 1 aromatic carbocycles. The summed E-state index contributed by atoms with van der Waals surface area (Å²) in [6.07, 6.45) is 1.33. The molecule has 5 atom stereocenters. The van der Waals surface area contributed by atoms with Crippen LogP contribution in [-0.4, -0.2) is 88.1 Å². The van der Waals surface area contributed by atoms with Gasteiger partial charge in [0, 0.05) is 27.1 Å². The molecular weight excluding hydrogens is 410 g/mol. The second-order valence-corrected chi connectivity index (χ2v) is 8.01. The van der Waals surface area contributed by atoms with Gasteiger partial charge in [0.2, 0.25) is 0 Å². The summed E-state index contributed by atoms with van der Waals surface area (Å²) in [7, 11) is 3.16. The number of rotatable bonds is 7. The molecule has 0 bridgehead atoms. The lowest BCUT2D eigenvalue weighted by atomic mass is 10.0. The molecule has 0 radical (unpaired) electrons. The molecule has 9 nitrogen and oxygen atoms in total.